The van der Waals surface area contributed by atoms with Crippen LogP contribution in [-0.4, -0.2) is 9.55 Å². The fourth-order valence-electron chi connectivity index (χ4n) is 12.0. The zero-order valence-corrected chi connectivity index (χ0v) is 52.1. The molecule has 0 fully saturated rings. The van der Waals surface area contributed by atoms with Crippen molar-refractivity contribution in [1.29, 1.82) is 0 Å². The molecule has 0 radical (unpaired) electrons. The number of anilines is 4. The fourth-order valence-corrected chi connectivity index (χ4v) is 12.0. The van der Waals surface area contributed by atoms with E-state index < -0.39 is 0 Å². The Bertz CT molecular complexity index is 4150. The average molecular weight is 1270 g/mol. The van der Waals surface area contributed by atoms with Crippen molar-refractivity contribution in [2.45, 2.75) is 110 Å². The molecule has 0 amide bonds. The summed E-state index contributed by atoms with van der Waals surface area (Å²) in [6, 6.07) is 84.6. The second-order valence-corrected chi connectivity index (χ2v) is 25.9. The number of fused-ring (bicyclic) bond motifs is 4. The fraction of sp³-hybridized carbons (Fsp3) is 0.221. The zero-order chi connectivity index (χ0) is 57.3. The SMILES string of the molecule is CC(C)(C)c1cc(Oc2[c-]c3c(cc2)c2ccccc2n3-c2cc(C(C)(C)c3ccccc3)ccn2)[c-]c(N2[CH-]N(c3cc(-c4ccccc4)cc(C(C)(C)C)c3)c3cc(C(C)(C)c4ccccc4)c(C(C)(C)c4ccccc4)cc32)c1.[Pt]. The molecule has 83 heavy (non-hydrogen) atoms. The summed E-state index contributed by atoms with van der Waals surface area (Å²) in [6.45, 7) is 30.0. The molecule has 6 heteroatoms. The van der Waals surface area contributed by atoms with Crippen molar-refractivity contribution < 1.29 is 25.8 Å². The van der Waals surface area contributed by atoms with Crippen molar-refractivity contribution in [3.05, 3.63) is 282 Å². The summed E-state index contributed by atoms with van der Waals surface area (Å²) in [4.78, 5) is 9.78. The minimum absolute atomic E-state index is 0. The molecule has 3 heterocycles. The summed E-state index contributed by atoms with van der Waals surface area (Å²) in [7, 11) is 0. The summed E-state index contributed by atoms with van der Waals surface area (Å²) in [5.41, 5.74) is 16.8. The number of hydrogen-bond acceptors (Lipinski definition) is 4. The molecule has 2 aromatic heterocycles. The van der Waals surface area contributed by atoms with Gasteiger partial charge in [-0.1, -0.05) is 234 Å². The van der Waals surface area contributed by atoms with E-state index in [1.807, 2.05) is 12.3 Å². The van der Waals surface area contributed by atoms with Gasteiger partial charge in [0.05, 0.1) is 0 Å². The molecule has 12 rings (SSSR count). The van der Waals surface area contributed by atoms with Crippen LogP contribution in [0.4, 0.5) is 22.7 Å². The number of benzene rings is 9. The molecule has 11 aromatic rings. The second-order valence-electron chi connectivity index (χ2n) is 25.9. The molecule has 0 atom stereocenters. The summed E-state index contributed by atoms with van der Waals surface area (Å²) in [6.07, 6.45) is 1.93. The largest absolute Gasteiger partial charge is 0.509 e. The molecule has 5 nitrogen and oxygen atoms in total. The van der Waals surface area contributed by atoms with Crippen LogP contribution in [0.2, 0.25) is 0 Å². The summed E-state index contributed by atoms with van der Waals surface area (Å²) < 4.78 is 9.34. The van der Waals surface area contributed by atoms with Gasteiger partial charge in [-0.25, -0.2) is 4.98 Å². The molecule has 0 unspecified atom stereocenters. The maximum atomic E-state index is 7.11. The summed E-state index contributed by atoms with van der Waals surface area (Å²) in [5.74, 6) is 2.02. The van der Waals surface area contributed by atoms with Crippen molar-refractivity contribution >= 4 is 44.6 Å². The van der Waals surface area contributed by atoms with Crippen LogP contribution >= 0.6 is 0 Å². The van der Waals surface area contributed by atoms with Gasteiger partial charge in [-0.15, -0.1) is 53.6 Å². The summed E-state index contributed by atoms with van der Waals surface area (Å²) in [5, 5.41) is 2.20. The third kappa shape index (κ3) is 10.6. The minimum Gasteiger partial charge on any atom is -0.509 e. The number of para-hydroxylation sites is 1. The van der Waals surface area contributed by atoms with Crippen LogP contribution in [0.5, 0.6) is 11.5 Å². The van der Waals surface area contributed by atoms with Gasteiger partial charge in [0, 0.05) is 77.6 Å². The predicted molar refractivity (Wildman–Crippen MR) is 343 cm³/mol. The molecule has 1 aliphatic rings. The van der Waals surface area contributed by atoms with E-state index in [9.17, 15) is 0 Å². The number of aromatic nitrogens is 2. The van der Waals surface area contributed by atoms with Crippen LogP contribution < -0.4 is 14.5 Å². The third-order valence-electron chi connectivity index (χ3n) is 17.3. The maximum Gasteiger partial charge on any atom is 0.135 e. The van der Waals surface area contributed by atoms with Crippen LogP contribution in [0.15, 0.2) is 219 Å². The van der Waals surface area contributed by atoms with E-state index >= 15 is 0 Å². The first kappa shape index (κ1) is 56.9. The van der Waals surface area contributed by atoms with Crippen molar-refractivity contribution in [3.63, 3.8) is 0 Å². The Hall–Kier alpha value is -7.98. The molecular weight excluding hydrogens is 1190 g/mol. The van der Waals surface area contributed by atoms with E-state index in [1.54, 1.807) is 0 Å². The number of rotatable bonds is 12. The molecular formula is C77H73N4OPt-3. The molecule has 0 saturated carbocycles. The van der Waals surface area contributed by atoms with Gasteiger partial charge in [-0.3, -0.25) is 0 Å². The smallest absolute Gasteiger partial charge is 0.135 e. The van der Waals surface area contributed by atoms with Crippen molar-refractivity contribution in [1.82, 2.24) is 9.55 Å². The second kappa shape index (κ2) is 21.6. The van der Waals surface area contributed by atoms with E-state index in [0.29, 0.717) is 11.5 Å². The minimum atomic E-state index is -0.388. The Kier molecular flexibility index (Phi) is 14.8. The first-order chi connectivity index (χ1) is 39.2. The molecule has 0 bridgehead atoms. The van der Waals surface area contributed by atoms with Gasteiger partial charge < -0.3 is 19.1 Å². The Morgan fingerprint density at radius 1 is 0.410 bits per heavy atom. The third-order valence-corrected chi connectivity index (χ3v) is 17.3. The molecule has 0 spiro atoms. The first-order valence-corrected chi connectivity index (χ1v) is 28.8. The van der Waals surface area contributed by atoms with Crippen LogP contribution in [0.25, 0.3) is 38.8 Å². The topological polar surface area (TPSA) is 33.5 Å². The van der Waals surface area contributed by atoms with E-state index in [2.05, 4.69) is 323 Å². The standard InChI is InChI=1S/C77H73N4O.Pt/c1-73(2,3)58-41-53(52-27-17-13-18-28-52)42-60(43-58)79-51-80(71-50-67(77(11,12)56-33-23-16-24-34-56)66(49-70(71)79)76(9,10)55-31-21-15-22-32-55)61-44-59(74(4,5)6)45-63(47-61)82-62-37-38-65-64-35-25-26-36-68(64)81(69(65)48-62)72-46-57(39-40-78-72)75(7,8)54-29-19-14-20-30-54;/h13-46,49-51H,1-12H3;/q-3;. The first-order valence-electron chi connectivity index (χ1n) is 28.8. The van der Waals surface area contributed by atoms with Crippen molar-refractivity contribution in [3.8, 4) is 28.4 Å². The van der Waals surface area contributed by atoms with Crippen molar-refractivity contribution in [2.24, 2.45) is 0 Å². The van der Waals surface area contributed by atoms with Crippen molar-refractivity contribution in [2.75, 3.05) is 9.80 Å². The van der Waals surface area contributed by atoms with Gasteiger partial charge >= 0.3 is 0 Å². The van der Waals surface area contributed by atoms with Gasteiger partial charge in [0.1, 0.15) is 5.82 Å². The molecule has 0 N–H and O–H groups in total. The quantitative estimate of drug-likeness (QED) is 0.114. The number of pyridine rings is 1. The van der Waals surface area contributed by atoms with Gasteiger partial charge in [0.25, 0.3) is 0 Å². The Labute approximate surface area is 506 Å². The molecule has 9 aromatic carbocycles. The van der Waals surface area contributed by atoms with Gasteiger partial charge in [0.15, 0.2) is 0 Å². The Balaban J connectivity index is 0.00000721. The number of nitrogens with zero attached hydrogens (tertiary/aromatic N) is 4. The Morgan fingerprint density at radius 2 is 0.940 bits per heavy atom. The zero-order valence-electron chi connectivity index (χ0n) is 49.9. The molecule has 0 aliphatic carbocycles. The van der Waals surface area contributed by atoms with Gasteiger partial charge in [-0.2, -0.15) is 6.07 Å². The Morgan fingerprint density at radius 3 is 1.53 bits per heavy atom. The van der Waals surface area contributed by atoms with Crippen LogP contribution in [0.3, 0.4) is 0 Å². The normalized spacial score (nSPS) is 13.1. The van der Waals surface area contributed by atoms with Gasteiger partial charge in [-0.05, 0) is 109 Å². The van der Waals surface area contributed by atoms with E-state index in [1.165, 1.54) is 50.1 Å². The van der Waals surface area contributed by atoms with E-state index in [-0.39, 0.29) is 48.1 Å². The van der Waals surface area contributed by atoms with E-state index in [0.717, 1.165) is 55.9 Å². The number of ether oxygens (including phenoxy) is 1. The van der Waals surface area contributed by atoms with Crippen LogP contribution in [0, 0.1) is 18.8 Å². The van der Waals surface area contributed by atoms with Crippen LogP contribution in [0.1, 0.15) is 128 Å². The number of hydrogen-bond donors (Lipinski definition) is 0. The molecule has 1 aliphatic heterocycles. The van der Waals surface area contributed by atoms with Crippen LogP contribution in [-0.2, 0) is 48.1 Å². The maximum absolute atomic E-state index is 7.11. The molecule has 0 saturated heterocycles. The monoisotopic (exact) mass is 1260 g/mol. The van der Waals surface area contributed by atoms with Gasteiger partial charge in [0.2, 0.25) is 0 Å². The summed E-state index contributed by atoms with van der Waals surface area (Å²) >= 11 is 0. The average Bonchev–Trinajstić information content (AvgIpc) is 4.22. The molecule has 420 valence electrons. The van der Waals surface area contributed by atoms with E-state index in [4.69, 9.17) is 9.72 Å². The predicted octanol–water partition coefficient (Wildman–Crippen LogP) is 20.2.